The van der Waals surface area contributed by atoms with Gasteiger partial charge >= 0.3 is 0 Å². The Balaban J connectivity index is 1.74. The lowest BCUT2D eigenvalue weighted by atomic mass is 10.1. The van der Waals surface area contributed by atoms with E-state index in [0.717, 1.165) is 12.8 Å². The molecule has 3 N–H and O–H groups in total. The first-order valence-corrected chi connectivity index (χ1v) is 6.09. The van der Waals surface area contributed by atoms with Crippen molar-refractivity contribution in [2.24, 2.45) is 0 Å². The molecule has 1 aromatic carbocycles. The second-order valence-electron chi connectivity index (χ2n) is 4.30. The van der Waals surface area contributed by atoms with Crippen molar-refractivity contribution in [3.63, 3.8) is 0 Å². The number of nitrogen functional groups attached to an aromatic ring is 1. The molecule has 0 unspecified atom stereocenters. The third-order valence-electron chi connectivity index (χ3n) is 2.79. The highest BCUT2D eigenvalue weighted by Crippen LogP contribution is 2.13. The molecule has 0 radical (unpaired) electrons. The number of hydrogen-bond acceptors (Lipinski definition) is 4. The minimum Gasteiger partial charge on any atom is -0.399 e. The number of hydrogen-bond donors (Lipinski definition) is 2. The Labute approximate surface area is 106 Å². The second kappa shape index (κ2) is 6.37. The predicted octanol–water partition coefficient (Wildman–Crippen LogP) is 1.40. The molecule has 0 bridgehead atoms. The standard InChI is InChI=1S/C13H18N2O3/c14-10-2-1-3-11(8-10)15-13(16)9-18-12-4-6-17-7-5-12/h1-3,8,12H,4-7,9,14H2,(H,15,16). The molecule has 0 aliphatic carbocycles. The van der Waals surface area contributed by atoms with Gasteiger partial charge in [-0.1, -0.05) is 6.07 Å². The van der Waals surface area contributed by atoms with Crippen LogP contribution in [-0.4, -0.2) is 31.8 Å². The molecule has 0 aromatic heterocycles. The molecule has 0 atom stereocenters. The summed E-state index contributed by atoms with van der Waals surface area (Å²) in [5.74, 6) is -0.160. The molecule has 1 fully saturated rings. The SMILES string of the molecule is Nc1cccc(NC(=O)COC2CCOCC2)c1. The van der Waals surface area contributed by atoms with Crippen LogP contribution in [0.1, 0.15) is 12.8 Å². The maximum atomic E-state index is 11.7. The van der Waals surface area contributed by atoms with Gasteiger partial charge in [0.05, 0.1) is 6.10 Å². The summed E-state index contributed by atoms with van der Waals surface area (Å²) in [7, 11) is 0. The number of nitrogens with two attached hydrogens (primary N) is 1. The normalized spacial score (nSPS) is 16.4. The van der Waals surface area contributed by atoms with Crippen LogP contribution in [0.4, 0.5) is 11.4 Å². The van der Waals surface area contributed by atoms with Crippen LogP contribution in [0.25, 0.3) is 0 Å². The molecule has 5 heteroatoms. The summed E-state index contributed by atoms with van der Waals surface area (Å²) < 4.78 is 10.7. The zero-order valence-corrected chi connectivity index (χ0v) is 10.2. The summed E-state index contributed by atoms with van der Waals surface area (Å²) >= 11 is 0. The fraction of sp³-hybridized carbons (Fsp3) is 0.462. The third-order valence-corrected chi connectivity index (χ3v) is 2.79. The maximum absolute atomic E-state index is 11.7. The number of nitrogens with one attached hydrogen (secondary N) is 1. The molecule has 2 rings (SSSR count). The van der Waals surface area contributed by atoms with Crippen LogP contribution in [0.5, 0.6) is 0 Å². The van der Waals surface area contributed by atoms with Crippen molar-refractivity contribution < 1.29 is 14.3 Å². The Bertz CT molecular complexity index is 403. The van der Waals surface area contributed by atoms with E-state index in [0.29, 0.717) is 24.6 Å². The first-order chi connectivity index (χ1) is 8.74. The number of ether oxygens (including phenoxy) is 2. The van der Waals surface area contributed by atoms with E-state index in [-0.39, 0.29) is 18.6 Å². The molecule has 98 valence electrons. The highest BCUT2D eigenvalue weighted by molar-refractivity contribution is 5.92. The Morgan fingerprint density at radius 3 is 2.94 bits per heavy atom. The maximum Gasteiger partial charge on any atom is 0.250 e. The van der Waals surface area contributed by atoms with Crippen LogP contribution >= 0.6 is 0 Å². The largest absolute Gasteiger partial charge is 0.399 e. The molecule has 1 heterocycles. The van der Waals surface area contributed by atoms with Gasteiger partial charge in [-0.3, -0.25) is 4.79 Å². The van der Waals surface area contributed by atoms with Crippen LogP contribution in [0.3, 0.4) is 0 Å². The van der Waals surface area contributed by atoms with Gasteiger partial charge in [0.15, 0.2) is 0 Å². The molecule has 1 amide bonds. The van der Waals surface area contributed by atoms with Crippen molar-refractivity contribution in [1.29, 1.82) is 0 Å². The van der Waals surface area contributed by atoms with Gasteiger partial charge in [-0.25, -0.2) is 0 Å². The van der Waals surface area contributed by atoms with E-state index in [1.807, 2.05) is 0 Å². The van der Waals surface area contributed by atoms with Gasteiger partial charge in [0.1, 0.15) is 6.61 Å². The van der Waals surface area contributed by atoms with E-state index in [9.17, 15) is 4.79 Å². The van der Waals surface area contributed by atoms with Crippen LogP contribution in [0.2, 0.25) is 0 Å². The average Bonchev–Trinajstić information content (AvgIpc) is 2.38. The monoisotopic (exact) mass is 250 g/mol. The highest BCUT2D eigenvalue weighted by atomic mass is 16.5. The summed E-state index contributed by atoms with van der Waals surface area (Å²) in [6.07, 6.45) is 1.84. The molecular weight excluding hydrogens is 232 g/mol. The lowest BCUT2D eigenvalue weighted by Gasteiger charge is -2.22. The van der Waals surface area contributed by atoms with E-state index in [1.54, 1.807) is 24.3 Å². The van der Waals surface area contributed by atoms with Crippen LogP contribution in [0.15, 0.2) is 24.3 Å². The summed E-state index contributed by atoms with van der Waals surface area (Å²) in [5.41, 5.74) is 6.94. The summed E-state index contributed by atoms with van der Waals surface area (Å²) in [6.45, 7) is 1.49. The molecule has 0 spiro atoms. The van der Waals surface area contributed by atoms with Crippen molar-refractivity contribution in [1.82, 2.24) is 0 Å². The van der Waals surface area contributed by atoms with Gasteiger partial charge in [-0.15, -0.1) is 0 Å². The summed E-state index contributed by atoms with van der Waals surface area (Å²) in [5, 5.41) is 2.75. The number of rotatable bonds is 4. The Morgan fingerprint density at radius 2 is 2.22 bits per heavy atom. The van der Waals surface area contributed by atoms with Crippen molar-refractivity contribution >= 4 is 17.3 Å². The number of carbonyl (C=O) groups excluding carboxylic acids is 1. The van der Waals surface area contributed by atoms with Gasteiger partial charge in [-0.2, -0.15) is 0 Å². The lowest BCUT2D eigenvalue weighted by molar-refractivity contribution is -0.124. The van der Waals surface area contributed by atoms with Crippen LogP contribution in [-0.2, 0) is 14.3 Å². The number of benzene rings is 1. The second-order valence-corrected chi connectivity index (χ2v) is 4.30. The van der Waals surface area contributed by atoms with Gasteiger partial charge in [-0.05, 0) is 31.0 Å². The smallest absolute Gasteiger partial charge is 0.250 e. The van der Waals surface area contributed by atoms with Crippen molar-refractivity contribution in [3.05, 3.63) is 24.3 Å². The summed E-state index contributed by atoms with van der Waals surface area (Å²) in [6, 6.07) is 7.08. The molecule has 1 aromatic rings. The fourth-order valence-corrected chi connectivity index (χ4v) is 1.85. The van der Waals surface area contributed by atoms with Gasteiger partial charge in [0.2, 0.25) is 5.91 Å². The molecular formula is C13H18N2O3. The van der Waals surface area contributed by atoms with E-state index in [4.69, 9.17) is 15.2 Å². The van der Waals surface area contributed by atoms with E-state index in [1.165, 1.54) is 0 Å². The van der Waals surface area contributed by atoms with Crippen LogP contribution < -0.4 is 11.1 Å². The first kappa shape index (κ1) is 12.9. The van der Waals surface area contributed by atoms with Gasteiger partial charge in [0.25, 0.3) is 0 Å². The predicted molar refractivity (Wildman–Crippen MR) is 69.3 cm³/mol. The third kappa shape index (κ3) is 4.01. The lowest BCUT2D eigenvalue weighted by Crippen LogP contribution is -2.28. The molecule has 1 aliphatic rings. The Morgan fingerprint density at radius 1 is 1.44 bits per heavy atom. The van der Waals surface area contributed by atoms with Gasteiger partial charge < -0.3 is 20.5 Å². The molecule has 5 nitrogen and oxygen atoms in total. The van der Waals surface area contributed by atoms with Crippen molar-refractivity contribution in [2.75, 3.05) is 30.9 Å². The van der Waals surface area contributed by atoms with E-state index < -0.39 is 0 Å². The van der Waals surface area contributed by atoms with Crippen molar-refractivity contribution in [3.8, 4) is 0 Å². The summed E-state index contributed by atoms with van der Waals surface area (Å²) in [4.78, 5) is 11.7. The zero-order chi connectivity index (χ0) is 12.8. The van der Waals surface area contributed by atoms with Crippen molar-refractivity contribution in [2.45, 2.75) is 18.9 Å². The average molecular weight is 250 g/mol. The Hall–Kier alpha value is -1.59. The number of carbonyl (C=O) groups is 1. The van der Waals surface area contributed by atoms with Crippen LogP contribution in [0, 0.1) is 0 Å². The molecule has 18 heavy (non-hydrogen) atoms. The fourth-order valence-electron chi connectivity index (χ4n) is 1.85. The highest BCUT2D eigenvalue weighted by Gasteiger charge is 2.15. The van der Waals surface area contributed by atoms with E-state index in [2.05, 4.69) is 5.32 Å². The molecule has 1 saturated heterocycles. The quantitative estimate of drug-likeness (QED) is 0.792. The zero-order valence-electron chi connectivity index (χ0n) is 10.2. The topological polar surface area (TPSA) is 73.6 Å². The minimum atomic E-state index is -0.160. The Kier molecular flexibility index (Phi) is 4.55. The molecule has 1 aliphatic heterocycles. The minimum absolute atomic E-state index is 0.0689. The number of amides is 1. The van der Waals surface area contributed by atoms with E-state index >= 15 is 0 Å². The first-order valence-electron chi connectivity index (χ1n) is 6.09. The molecule has 0 saturated carbocycles. The van der Waals surface area contributed by atoms with Gasteiger partial charge in [0, 0.05) is 24.6 Å². The number of anilines is 2.